The second kappa shape index (κ2) is 15.5. The summed E-state index contributed by atoms with van der Waals surface area (Å²) in [6.07, 6.45) is 0. The van der Waals surface area contributed by atoms with Crippen molar-refractivity contribution in [3.63, 3.8) is 0 Å². The minimum absolute atomic E-state index is 0. The maximum absolute atomic E-state index is 10.6. The smallest absolute Gasteiger partial charge is 0.218 e. The Labute approximate surface area is 186 Å². The second-order valence-electron chi connectivity index (χ2n) is 5.10. The first kappa shape index (κ1) is 27.7. The minimum Gasteiger partial charge on any atom is -0.409 e. The number of nitrogens with one attached hydrogen (secondary N) is 2. The number of nitrogens with zero attached hydrogens (tertiary/aromatic N) is 6. The monoisotopic (exact) mass is 473 g/mol. The number of rotatable bonds is 9. The molecule has 31 heavy (non-hydrogen) atoms. The number of amides is 2. The zero-order chi connectivity index (χ0) is 22.4. The molecule has 0 fully saturated rings. The number of nitrogens with two attached hydrogens (primary N) is 1. The van der Waals surface area contributed by atoms with Gasteiger partial charge in [0.15, 0.2) is 21.6 Å². The van der Waals surface area contributed by atoms with Gasteiger partial charge in [0.1, 0.15) is 6.07 Å². The summed E-state index contributed by atoms with van der Waals surface area (Å²) < 4.78 is 8.85. The van der Waals surface area contributed by atoms with Crippen LogP contribution in [0.5, 0.6) is 0 Å². The van der Waals surface area contributed by atoms with Crippen molar-refractivity contribution in [2.24, 2.45) is 10.9 Å². The van der Waals surface area contributed by atoms with Crippen LogP contribution in [0.4, 0.5) is 0 Å². The highest BCUT2D eigenvalue weighted by atomic mass is 32.2. The number of carbonyl (C=O) groups is 2. The Morgan fingerprint density at radius 1 is 1.06 bits per heavy atom. The highest BCUT2D eigenvalue weighted by molar-refractivity contribution is 7.99. The minimum atomic E-state index is -0.164. The van der Waals surface area contributed by atoms with E-state index in [1.165, 1.54) is 37.4 Å². The summed E-state index contributed by atoms with van der Waals surface area (Å²) in [6.45, 7) is 3.90. The van der Waals surface area contributed by atoms with Gasteiger partial charge in [0.25, 0.3) is 0 Å². The summed E-state index contributed by atoms with van der Waals surface area (Å²) in [5, 5.41) is 40.0. The van der Waals surface area contributed by atoms with E-state index < -0.39 is 0 Å². The number of nitriles is 1. The molecule has 0 spiro atoms. The van der Waals surface area contributed by atoms with Gasteiger partial charge in [0.05, 0.1) is 0 Å². The SMILES string of the molecule is C.CC(=O)NCCSc1nonc1/C(N)=N\O.CC(=O)NCCSc1nonc1C#N. The van der Waals surface area contributed by atoms with Crippen LogP contribution in [0, 0.1) is 11.3 Å². The fourth-order valence-electron chi connectivity index (χ4n) is 1.57. The number of hydrogen-bond donors (Lipinski definition) is 4. The zero-order valence-corrected chi connectivity index (χ0v) is 17.6. The molecule has 0 aliphatic rings. The Bertz CT molecular complexity index is 894. The number of thioether (sulfide) groups is 2. The maximum Gasteiger partial charge on any atom is 0.218 e. The molecule has 170 valence electrons. The van der Waals surface area contributed by atoms with Gasteiger partial charge in [-0.2, -0.15) is 5.26 Å². The van der Waals surface area contributed by atoms with E-state index in [4.69, 9.17) is 16.2 Å². The third kappa shape index (κ3) is 10.9. The van der Waals surface area contributed by atoms with Crippen LogP contribution in [0.15, 0.2) is 24.5 Å². The molecule has 0 unspecified atom stereocenters. The third-order valence-corrected chi connectivity index (χ3v) is 4.70. The first-order valence-electron chi connectivity index (χ1n) is 8.16. The van der Waals surface area contributed by atoms with E-state index in [9.17, 15) is 9.59 Å². The molecular formula is C15H23N9O5S2. The number of hydrogen-bond acceptors (Lipinski definition) is 13. The number of carbonyl (C=O) groups excluding carboxylic acids is 2. The van der Waals surface area contributed by atoms with Crippen LogP contribution >= 0.6 is 23.5 Å². The molecule has 0 bridgehead atoms. The topological polar surface area (TPSA) is 218 Å². The standard InChI is InChI=1S/C7H11N5O3S.C7H8N4O2S.CH4/c1-4(13)9-2-3-16-7-5(6(8)10-14)11-15-12-7;1-5(12)9-2-3-14-7-6(4-8)10-13-11-7;/h14H,2-3H2,1H3,(H2,8,10)(H,9,13);2-3H2,1H3,(H,9,12);1H4. The highest BCUT2D eigenvalue weighted by Crippen LogP contribution is 2.18. The van der Waals surface area contributed by atoms with Gasteiger partial charge in [0.2, 0.25) is 17.5 Å². The number of amidine groups is 1. The fourth-order valence-corrected chi connectivity index (χ4v) is 3.04. The highest BCUT2D eigenvalue weighted by Gasteiger charge is 2.14. The van der Waals surface area contributed by atoms with Gasteiger partial charge in [-0.1, -0.05) is 36.1 Å². The molecule has 2 heterocycles. The van der Waals surface area contributed by atoms with Crippen LogP contribution in [0.2, 0.25) is 0 Å². The number of aromatic nitrogens is 4. The lowest BCUT2D eigenvalue weighted by atomic mass is 10.4. The second-order valence-corrected chi connectivity index (χ2v) is 7.26. The Morgan fingerprint density at radius 2 is 1.58 bits per heavy atom. The fraction of sp³-hybridized carbons (Fsp3) is 0.467. The molecule has 0 aliphatic heterocycles. The normalized spacial score (nSPS) is 10.2. The van der Waals surface area contributed by atoms with Crippen molar-refractivity contribution < 1.29 is 24.1 Å². The van der Waals surface area contributed by atoms with Crippen molar-refractivity contribution >= 4 is 41.2 Å². The van der Waals surface area contributed by atoms with Crippen LogP contribution in [0.1, 0.15) is 32.7 Å². The van der Waals surface area contributed by atoms with Crippen LogP contribution < -0.4 is 16.4 Å². The van der Waals surface area contributed by atoms with E-state index in [1.54, 1.807) is 0 Å². The van der Waals surface area contributed by atoms with Crippen LogP contribution in [0.3, 0.4) is 0 Å². The lowest BCUT2D eigenvalue weighted by molar-refractivity contribution is -0.119. The first-order chi connectivity index (χ1) is 14.4. The van der Waals surface area contributed by atoms with Gasteiger partial charge in [-0.25, -0.2) is 9.26 Å². The lowest BCUT2D eigenvalue weighted by Crippen LogP contribution is -2.22. The summed E-state index contributed by atoms with van der Waals surface area (Å²) in [6, 6.07) is 1.85. The van der Waals surface area contributed by atoms with E-state index in [2.05, 4.69) is 45.7 Å². The maximum atomic E-state index is 10.6. The molecule has 2 aromatic rings. The molecule has 2 rings (SSSR count). The lowest BCUT2D eigenvalue weighted by Gasteiger charge is -2.00. The summed E-state index contributed by atoms with van der Waals surface area (Å²) in [5.41, 5.74) is 5.72. The van der Waals surface area contributed by atoms with Crippen LogP contribution in [-0.4, -0.2) is 68.1 Å². The van der Waals surface area contributed by atoms with Crippen LogP contribution in [-0.2, 0) is 9.59 Å². The first-order valence-corrected chi connectivity index (χ1v) is 10.1. The van der Waals surface area contributed by atoms with Gasteiger partial charge in [0, 0.05) is 38.4 Å². The molecule has 2 amide bonds. The Balaban J connectivity index is 0.000000567. The van der Waals surface area contributed by atoms with Crippen molar-refractivity contribution in [1.82, 2.24) is 31.3 Å². The van der Waals surface area contributed by atoms with Gasteiger partial charge in [-0.15, -0.1) is 0 Å². The molecular weight excluding hydrogens is 450 g/mol. The molecule has 0 aromatic carbocycles. The molecule has 0 saturated carbocycles. The molecule has 0 radical (unpaired) electrons. The molecule has 16 heteroatoms. The van der Waals surface area contributed by atoms with Crippen molar-refractivity contribution in [3.8, 4) is 6.07 Å². The van der Waals surface area contributed by atoms with Crippen molar-refractivity contribution in [3.05, 3.63) is 11.4 Å². The largest absolute Gasteiger partial charge is 0.409 e. The summed E-state index contributed by atoms with van der Waals surface area (Å²) in [4.78, 5) is 21.1. The van der Waals surface area contributed by atoms with Gasteiger partial charge >= 0.3 is 0 Å². The summed E-state index contributed by atoms with van der Waals surface area (Å²) in [5.74, 6) is 0.866. The average molecular weight is 474 g/mol. The Hall–Kier alpha value is -3.32. The third-order valence-electron chi connectivity index (χ3n) is 2.80. The van der Waals surface area contributed by atoms with E-state index in [0.29, 0.717) is 34.6 Å². The van der Waals surface area contributed by atoms with Crippen molar-refractivity contribution in [1.29, 1.82) is 5.26 Å². The molecule has 0 aliphatic carbocycles. The molecule has 2 aromatic heterocycles. The molecule has 14 nitrogen and oxygen atoms in total. The predicted molar refractivity (Wildman–Crippen MR) is 111 cm³/mol. The quantitative estimate of drug-likeness (QED) is 0.0955. The zero-order valence-electron chi connectivity index (χ0n) is 16.0. The van der Waals surface area contributed by atoms with Crippen molar-refractivity contribution in [2.45, 2.75) is 31.3 Å². The predicted octanol–water partition coefficient (Wildman–Crippen LogP) is 0.198. The van der Waals surface area contributed by atoms with Gasteiger partial charge in [-0.05, 0) is 20.6 Å². The van der Waals surface area contributed by atoms with Crippen LogP contribution in [0.25, 0.3) is 0 Å². The average Bonchev–Trinajstić information content (AvgIpc) is 3.37. The Kier molecular flexibility index (Phi) is 13.8. The van der Waals surface area contributed by atoms with Crippen molar-refractivity contribution in [2.75, 3.05) is 24.6 Å². The molecule has 0 saturated heterocycles. The molecule has 0 atom stereocenters. The van der Waals surface area contributed by atoms with E-state index in [-0.39, 0.29) is 36.5 Å². The van der Waals surface area contributed by atoms with E-state index >= 15 is 0 Å². The molecule has 5 N–H and O–H groups in total. The summed E-state index contributed by atoms with van der Waals surface area (Å²) >= 11 is 2.60. The summed E-state index contributed by atoms with van der Waals surface area (Å²) in [7, 11) is 0. The van der Waals surface area contributed by atoms with E-state index in [0.717, 1.165) is 0 Å². The van der Waals surface area contributed by atoms with E-state index in [1.807, 2.05) is 6.07 Å². The van der Waals surface area contributed by atoms with Gasteiger partial charge in [-0.3, -0.25) is 9.59 Å². The Morgan fingerprint density at radius 3 is 2.10 bits per heavy atom. The number of oxime groups is 1. The van der Waals surface area contributed by atoms with Gasteiger partial charge < -0.3 is 21.6 Å².